The van der Waals surface area contributed by atoms with Gasteiger partial charge in [0, 0.05) is 25.6 Å². The Labute approximate surface area is 132 Å². The lowest BCUT2D eigenvalue weighted by Gasteiger charge is -2.15. The predicted molar refractivity (Wildman–Crippen MR) is 77.8 cm³/mol. The van der Waals surface area contributed by atoms with Gasteiger partial charge in [0.25, 0.3) is 0 Å². The maximum atomic E-state index is 12.2. The largest absolute Gasteiger partial charge is 0.435 e. The van der Waals surface area contributed by atoms with Crippen LogP contribution < -0.4 is 10.1 Å². The van der Waals surface area contributed by atoms with Crippen LogP contribution in [-0.2, 0) is 16.1 Å². The second kappa shape index (κ2) is 6.52. The highest BCUT2D eigenvalue weighted by Crippen LogP contribution is 2.32. The molecule has 0 unspecified atom stereocenters. The molecule has 1 atom stereocenters. The standard InChI is InChI=1S/C16H18F2N2O3/c17-16(18)23-13-3-1-2-10(6-13)8-19-15(22)11-7-14(21)20(9-11)12-4-5-12/h1-3,6,11-12,16H,4-5,7-9H2,(H,19,22)/t11-/m0/s1. The summed E-state index contributed by atoms with van der Waals surface area (Å²) in [6.45, 7) is -2.19. The first kappa shape index (κ1) is 15.7. The Morgan fingerprint density at radius 1 is 1.39 bits per heavy atom. The Kier molecular flexibility index (Phi) is 4.45. The number of rotatable bonds is 6. The molecule has 0 bridgehead atoms. The van der Waals surface area contributed by atoms with E-state index in [4.69, 9.17) is 0 Å². The molecule has 1 saturated heterocycles. The molecule has 0 radical (unpaired) electrons. The van der Waals surface area contributed by atoms with Gasteiger partial charge in [0.2, 0.25) is 11.8 Å². The Morgan fingerprint density at radius 3 is 2.87 bits per heavy atom. The Balaban J connectivity index is 1.52. The van der Waals surface area contributed by atoms with Crippen molar-refractivity contribution in [3.8, 4) is 5.75 Å². The molecular weight excluding hydrogens is 306 g/mol. The van der Waals surface area contributed by atoms with Crippen molar-refractivity contribution in [1.29, 1.82) is 0 Å². The maximum Gasteiger partial charge on any atom is 0.387 e. The van der Waals surface area contributed by atoms with Gasteiger partial charge in [-0.2, -0.15) is 8.78 Å². The molecule has 2 aliphatic rings. The molecule has 1 aromatic carbocycles. The minimum absolute atomic E-state index is 0.0416. The molecular formula is C16H18F2N2O3. The lowest BCUT2D eigenvalue weighted by Crippen LogP contribution is -2.33. The summed E-state index contributed by atoms with van der Waals surface area (Å²) in [5.41, 5.74) is 0.667. The van der Waals surface area contributed by atoms with Crippen LogP contribution in [0, 0.1) is 5.92 Å². The van der Waals surface area contributed by atoms with Crippen molar-refractivity contribution in [3.63, 3.8) is 0 Å². The van der Waals surface area contributed by atoms with E-state index in [0.717, 1.165) is 12.8 Å². The lowest BCUT2D eigenvalue weighted by molar-refractivity contribution is -0.129. The third-order valence-electron chi connectivity index (χ3n) is 4.11. The SMILES string of the molecule is O=C(NCc1cccc(OC(F)F)c1)[C@H]1CC(=O)N(C2CC2)C1. The van der Waals surface area contributed by atoms with Crippen LogP contribution in [0.2, 0.25) is 0 Å². The monoisotopic (exact) mass is 324 g/mol. The summed E-state index contributed by atoms with van der Waals surface area (Å²) in [6.07, 6.45) is 2.30. The molecule has 1 N–H and O–H groups in total. The summed E-state index contributed by atoms with van der Waals surface area (Å²) in [4.78, 5) is 25.8. The molecule has 0 aromatic heterocycles. The number of carbonyl (C=O) groups is 2. The van der Waals surface area contributed by atoms with Gasteiger partial charge in [-0.1, -0.05) is 12.1 Å². The average molecular weight is 324 g/mol. The molecule has 124 valence electrons. The first-order valence-corrected chi connectivity index (χ1v) is 7.64. The molecule has 2 fully saturated rings. The molecule has 1 aromatic rings. The summed E-state index contributed by atoms with van der Waals surface area (Å²) < 4.78 is 28.7. The molecule has 1 aliphatic carbocycles. The van der Waals surface area contributed by atoms with Crippen molar-refractivity contribution in [2.24, 2.45) is 5.92 Å². The van der Waals surface area contributed by atoms with Crippen LogP contribution in [0.25, 0.3) is 0 Å². The molecule has 1 heterocycles. The lowest BCUT2D eigenvalue weighted by atomic mass is 10.1. The zero-order chi connectivity index (χ0) is 16.4. The van der Waals surface area contributed by atoms with E-state index in [1.165, 1.54) is 12.1 Å². The van der Waals surface area contributed by atoms with Crippen LogP contribution >= 0.6 is 0 Å². The van der Waals surface area contributed by atoms with E-state index in [2.05, 4.69) is 10.1 Å². The molecule has 5 nitrogen and oxygen atoms in total. The predicted octanol–water partition coefficient (Wildman–Crippen LogP) is 1.92. The Hall–Kier alpha value is -2.18. The molecule has 7 heteroatoms. The van der Waals surface area contributed by atoms with Crippen LogP contribution in [0.1, 0.15) is 24.8 Å². The summed E-state index contributed by atoms with van der Waals surface area (Å²) >= 11 is 0. The fourth-order valence-corrected chi connectivity index (χ4v) is 2.81. The van der Waals surface area contributed by atoms with Crippen molar-refractivity contribution in [1.82, 2.24) is 10.2 Å². The number of halogens is 2. The number of hydrogen-bond acceptors (Lipinski definition) is 3. The fourth-order valence-electron chi connectivity index (χ4n) is 2.81. The van der Waals surface area contributed by atoms with Crippen molar-refractivity contribution >= 4 is 11.8 Å². The smallest absolute Gasteiger partial charge is 0.387 e. The summed E-state index contributed by atoms with van der Waals surface area (Å²) in [5, 5.41) is 2.76. The summed E-state index contributed by atoms with van der Waals surface area (Å²) in [5.74, 6) is -0.409. The van der Waals surface area contributed by atoms with Crippen LogP contribution in [0.15, 0.2) is 24.3 Å². The highest BCUT2D eigenvalue weighted by atomic mass is 19.3. The van der Waals surface area contributed by atoms with Gasteiger partial charge in [0.15, 0.2) is 0 Å². The maximum absolute atomic E-state index is 12.2. The zero-order valence-electron chi connectivity index (χ0n) is 12.5. The average Bonchev–Trinajstić information content (AvgIpc) is 3.27. The number of likely N-dealkylation sites (tertiary alicyclic amines) is 1. The Morgan fingerprint density at radius 2 is 2.17 bits per heavy atom. The third kappa shape index (κ3) is 3.97. The van der Waals surface area contributed by atoms with Gasteiger partial charge in [-0.05, 0) is 30.5 Å². The Bertz CT molecular complexity index is 605. The van der Waals surface area contributed by atoms with E-state index in [0.29, 0.717) is 18.2 Å². The number of nitrogens with zero attached hydrogens (tertiary/aromatic N) is 1. The number of amides is 2. The first-order valence-electron chi connectivity index (χ1n) is 7.64. The van der Waals surface area contributed by atoms with Crippen LogP contribution in [0.3, 0.4) is 0 Å². The van der Waals surface area contributed by atoms with E-state index >= 15 is 0 Å². The van der Waals surface area contributed by atoms with Gasteiger partial charge in [0.05, 0.1) is 5.92 Å². The molecule has 0 spiro atoms. The van der Waals surface area contributed by atoms with E-state index in [9.17, 15) is 18.4 Å². The number of ether oxygens (including phenoxy) is 1. The zero-order valence-corrected chi connectivity index (χ0v) is 12.5. The second-order valence-corrected chi connectivity index (χ2v) is 5.92. The fraction of sp³-hybridized carbons (Fsp3) is 0.500. The van der Waals surface area contributed by atoms with E-state index in [1.54, 1.807) is 17.0 Å². The molecule has 1 aliphatic heterocycles. The number of hydrogen-bond donors (Lipinski definition) is 1. The van der Waals surface area contributed by atoms with Gasteiger partial charge < -0.3 is 15.0 Å². The minimum Gasteiger partial charge on any atom is -0.435 e. The summed E-state index contributed by atoms with van der Waals surface area (Å²) in [7, 11) is 0. The van der Waals surface area contributed by atoms with Crippen molar-refractivity contribution in [2.75, 3.05) is 6.54 Å². The van der Waals surface area contributed by atoms with Crippen LogP contribution in [0.4, 0.5) is 8.78 Å². The molecule has 1 saturated carbocycles. The normalized spacial score (nSPS) is 20.9. The van der Waals surface area contributed by atoms with Crippen LogP contribution in [0.5, 0.6) is 5.75 Å². The quantitative estimate of drug-likeness (QED) is 0.870. The highest BCUT2D eigenvalue weighted by molar-refractivity contribution is 5.89. The summed E-state index contributed by atoms with van der Waals surface area (Å²) in [6, 6.07) is 6.52. The first-order chi connectivity index (χ1) is 11.0. The second-order valence-electron chi connectivity index (χ2n) is 5.92. The molecule has 3 rings (SSSR count). The van der Waals surface area contributed by atoms with E-state index < -0.39 is 6.61 Å². The highest BCUT2D eigenvalue weighted by Gasteiger charge is 2.41. The topological polar surface area (TPSA) is 58.6 Å². The van der Waals surface area contributed by atoms with Gasteiger partial charge in [-0.15, -0.1) is 0 Å². The third-order valence-corrected chi connectivity index (χ3v) is 4.11. The van der Waals surface area contributed by atoms with Crippen molar-refractivity contribution in [2.45, 2.75) is 38.5 Å². The van der Waals surface area contributed by atoms with Gasteiger partial charge >= 0.3 is 6.61 Å². The minimum atomic E-state index is -2.88. The van der Waals surface area contributed by atoms with Gasteiger partial charge in [0.1, 0.15) is 5.75 Å². The molecule has 2 amide bonds. The number of alkyl halides is 2. The number of benzene rings is 1. The van der Waals surface area contributed by atoms with Gasteiger partial charge in [-0.3, -0.25) is 9.59 Å². The van der Waals surface area contributed by atoms with Crippen molar-refractivity contribution in [3.05, 3.63) is 29.8 Å². The molecule has 23 heavy (non-hydrogen) atoms. The van der Waals surface area contributed by atoms with Crippen molar-refractivity contribution < 1.29 is 23.1 Å². The van der Waals surface area contributed by atoms with Gasteiger partial charge in [-0.25, -0.2) is 0 Å². The van der Waals surface area contributed by atoms with Crippen LogP contribution in [-0.4, -0.2) is 35.9 Å². The number of nitrogens with one attached hydrogen (secondary N) is 1. The number of carbonyl (C=O) groups excluding carboxylic acids is 2. The van der Waals surface area contributed by atoms with E-state index in [1.807, 2.05) is 0 Å². The van der Waals surface area contributed by atoms with E-state index in [-0.39, 0.29) is 36.4 Å².